The van der Waals surface area contributed by atoms with E-state index in [1.807, 2.05) is 19.1 Å². The van der Waals surface area contributed by atoms with Crippen LogP contribution in [0.25, 0.3) is 0 Å². The Balaban J connectivity index is 2.07. The summed E-state index contributed by atoms with van der Waals surface area (Å²) >= 11 is 1.42. The van der Waals surface area contributed by atoms with Gasteiger partial charge in [-0.15, -0.1) is 0 Å². The van der Waals surface area contributed by atoms with Crippen molar-refractivity contribution in [1.82, 2.24) is 15.0 Å². The van der Waals surface area contributed by atoms with E-state index in [4.69, 9.17) is 10.5 Å². The Morgan fingerprint density at radius 3 is 2.90 bits per heavy atom. The first-order valence-corrected chi connectivity index (χ1v) is 7.43. The number of anilines is 1. The van der Waals surface area contributed by atoms with Gasteiger partial charge < -0.3 is 10.5 Å². The molecule has 0 aliphatic carbocycles. The molecule has 110 valence electrons. The molecule has 0 bridgehead atoms. The van der Waals surface area contributed by atoms with Crippen LogP contribution in [0.3, 0.4) is 0 Å². The van der Waals surface area contributed by atoms with Crippen LogP contribution in [0.15, 0.2) is 29.7 Å². The lowest BCUT2D eigenvalue weighted by Crippen LogP contribution is -2.10. The normalized spacial score (nSPS) is 10.4. The van der Waals surface area contributed by atoms with E-state index in [1.165, 1.54) is 18.0 Å². The SMILES string of the molecule is CCOC(=O)c1cnc(SCc2ncccc2C)nc1N. The maximum Gasteiger partial charge on any atom is 0.343 e. The lowest BCUT2D eigenvalue weighted by Gasteiger charge is -2.06. The molecule has 21 heavy (non-hydrogen) atoms. The molecule has 2 aromatic rings. The molecular formula is C14H16N4O2S. The number of nitrogen functional groups attached to an aromatic ring is 1. The summed E-state index contributed by atoms with van der Waals surface area (Å²) in [6.07, 6.45) is 3.15. The van der Waals surface area contributed by atoms with Crippen molar-refractivity contribution in [3.8, 4) is 0 Å². The van der Waals surface area contributed by atoms with Gasteiger partial charge in [0.25, 0.3) is 0 Å². The predicted molar refractivity (Wildman–Crippen MR) is 80.9 cm³/mol. The minimum atomic E-state index is -0.507. The van der Waals surface area contributed by atoms with Gasteiger partial charge in [0.05, 0.1) is 12.3 Å². The zero-order chi connectivity index (χ0) is 15.2. The summed E-state index contributed by atoms with van der Waals surface area (Å²) in [6, 6.07) is 3.90. The van der Waals surface area contributed by atoms with Crippen molar-refractivity contribution in [3.05, 3.63) is 41.3 Å². The van der Waals surface area contributed by atoms with Crippen LogP contribution in [0.2, 0.25) is 0 Å². The van der Waals surface area contributed by atoms with Gasteiger partial charge in [0.1, 0.15) is 11.4 Å². The van der Waals surface area contributed by atoms with Gasteiger partial charge in [-0.05, 0) is 25.5 Å². The molecule has 2 heterocycles. The third-order valence-corrected chi connectivity index (χ3v) is 3.62. The van der Waals surface area contributed by atoms with Gasteiger partial charge in [-0.3, -0.25) is 4.98 Å². The number of hydrogen-bond donors (Lipinski definition) is 1. The molecule has 0 aromatic carbocycles. The van der Waals surface area contributed by atoms with Crippen LogP contribution in [0.5, 0.6) is 0 Å². The Hall–Kier alpha value is -2.15. The smallest absolute Gasteiger partial charge is 0.343 e. The standard InChI is InChI=1S/C14H16N4O2S/c1-3-20-13(19)10-7-17-14(18-12(10)15)21-8-11-9(2)5-4-6-16-11/h4-7H,3,8H2,1-2H3,(H2,15,17,18). The van der Waals surface area contributed by atoms with Crippen molar-refractivity contribution in [2.75, 3.05) is 12.3 Å². The molecule has 0 aliphatic heterocycles. The third-order valence-electron chi connectivity index (χ3n) is 2.75. The zero-order valence-electron chi connectivity index (χ0n) is 11.9. The average molecular weight is 304 g/mol. The van der Waals surface area contributed by atoms with E-state index in [2.05, 4.69) is 15.0 Å². The number of rotatable bonds is 5. The molecule has 0 unspecified atom stereocenters. The van der Waals surface area contributed by atoms with Gasteiger partial charge in [0.2, 0.25) is 0 Å². The van der Waals surface area contributed by atoms with Gasteiger partial charge in [-0.25, -0.2) is 14.8 Å². The van der Waals surface area contributed by atoms with Crippen molar-refractivity contribution in [1.29, 1.82) is 0 Å². The molecule has 0 aliphatic rings. The summed E-state index contributed by atoms with van der Waals surface area (Å²) in [7, 11) is 0. The van der Waals surface area contributed by atoms with Gasteiger partial charge in [-0.1, -0.05) is 17.8 Å². The Kier molecular flexibility index (Phi) is 5.10. The van der Waals surface area contributed by atoms with Gasteiger partial charge >= 0.3 is 5.97 Å². The fourth-order valence-electron chi connectivity index (χ4n) is 1.62. The predicted octanol–water partition coefficient (Wildman–Crippen LogP) is 2.23. The number of hydrogen-bond acceptors (Lipinski definition) is 7. The van der Waals surface area contributed by atoms with E-state index < -0.39 is 5.97 Å². The van der Waals surface area contributed by atoms with Crippen molar-refractivity contribution in [2.45, 2.75) is 24.8 Å². The minimum Gasteiger partial charge on any atom is -0.462 e. The monoisotopic (exact) mass is 304 g/mol. The number of aryl methyl sites for hydroxylation is 1. The number of carbonyl (C=O) groups excluding carboxylic acids is 1. The van der Waals surface area contributed by atoms with E-state index in [-0.39, 0.29) is 18.0 Å². The summed E-state index contributed by atoms with van der Waals surface area (Å²) in [5.41, 5.74) is 8.04. The van der Waals surface area contributed by atoms with Crippen molar-refractivity contribution in [3.63, 3.8) is 0 Å². The van der Waals surface area contributed by atoms with Crippen LogP contribution >= 0.6 is 11.8 Å². The number of ether oxygens (including phenoxy) is 1. The number of nitrogens with zero attached hydrogens (tertiary/aromatic N) is 3. The summed E-state index contributed by atoms with van der Waals surface area (Å²) in [6.45, 7) is 4.02. The highest BCUT2D eigenvalue weighted by atomic mass is 32.2. The number of aromatic nitrogens is 3. The Morgan fingerprint density at radius 1 is 1.43 bits per heavy atom. The summed E-state index contributed by atoms with van der Waals surface area (Å²) in [5.74, 6) is 0.265. The van der Waals surface area contributed by atoms with Crippen LogP contribution in [0.1, 0.15) is 28.5 Å². The lowest BCUT2D eigenvalue weighted by molar-refractivity contribution is 0.0526. The van der Waals surface area contributed by atoms with Crippen LogP contribution < -0.4 is 5.73 Å². The second-order valence-electron chi connectivity index (χ2n) is 4.23. The third kappa shape index (κ3) is 3.91. The fourth-order valence-corrected chi connectivity index (χ4v) is 2.47. The quantitative estimate of drug-likeness (QED) is 0.514. The van der Waals surface area contributed by atoms with E-state index in [1.54, 1.807) is 13.1 Å². The van der Waals surface area contributed by atoms with Crippen molar-refractivity contribution in [2.24, 2.45) is 0 Å². The van der Waals surface area contributed by atoms with E-state index in [0.717, 1.165) is 11.3 Å². The molecule has 7 heteroatoms. The number of thioether (sulfide) groups is 1. The molecule has 0 amide bonds. The average Bonchev–Trinajstić information content (AvgIpc) is 2.46. The van der Waals surface area contributed by atoms with Gasteiger partial charge in [0.15, 0.2) is 5.16 Å². The number of esters is 1. The molecule has 2 N–H and O–H groups in total. The van der Waals surface area contributed by atoms with Crippen LogP contribution in [0.4, 0.5) is 5.82 Å². The maximum absolute atomic E-state index is 11.6. The van der Waals surface area contributed by atoms with E-state index >= 15 is 0 Å². The topological polar surface area (TPSA) is 91.0 Å². The maximum atomic E-state index is 11.6. The van der Waals surface area contributed by atoms with E-state index in [9.17, 15) is 4.79 Å². The van der Waals surface area contributed by atoms with Crippen LogP contribution in [-0.4, -0.2) is 27.5 Å². The Labute approximate surface area is 127 Å². The molecule has 0 fully saturated rings. The summed E-state index contributed by atoms with van der Waals surface area (Å²) in [5, 5.41) is 0.505. The molecule has 2 aromatic heterocycles. The molecule has 6 nitrogen and oxygen atoms in total. The van der Waals surface area contributed by atoms with Gasteiger partial charge in [-0.2, -0.15) is 0 Å². The molecule has 0 saturated carbocycles. The second-order valence-corrected chi connectivity index (χ2v) is 5.17. The Bertz CT molecular complexity index is 649. The number of pyridine rings is 1. The van der Waals surface area contributed by atoms with Crippen molar-refractivity contribution < 1.29 is 9.53 Å². The molecule has 0 saturated heterocycles. The number of carbonyl (C=O) groups is 1. The zero-order valence-corrected chi connectivity index (χ0v) is 12.7. The highest BCUT2D eigenvalue weighted by Gasteiger charge is 2.14. The second kappa shape index (κ2) is 7.03. The summed E-state index contributed by atoms with van der Waals surface area (Å²) < 4.78 is 4.88. The molecule has 0 radical (unpaired) electrons. The minimum absolute atomic E-state index is 0.128. The molecule has 2 rings (SSSR count). The van der Waals surface area contributed by atoms with E-state index in [0.29, 0.717) is 10.9 Å². The highest BCUT2D eigenvalue weighted by molar-refractivity contribution is 7.98. The lowest BCUT2D eigenvalue weighted by atomic mass is 10.2. The fraction of sp³-hybridized carbons (Fsp3) is 0.286. The van der Waals surface area contributed by atoms with Gasteiger partial charge in [0, 0.05) is 18.1 Å². The molecule has 0 spiro atoms. The molecule has 0 atom stereocenters. The van der Waals surface area contributed by atoms with Crippen molar-refractivity contribution >= 4 is 23.5 Å². The van der Waals surface area contributed by atoms with Crippen LogP contribution in [0, 0.1) is 6.92 Å². The Morgan fingerprint density at radius 2 is 2.24 bits per heavy atom. The largest absolute Gasteiger partial charge is 0.462 e. The van der Waals surface area contributed by atoms with Crippen LogP contribution in [-0.2, 0) is 10.5 Å². The first kappa shape index (κ1) is 15.2. The summed E-state index contributed by atoms with van der Waals surface area (Å²) in [4.78, 5) is 24.2. The highest BCUT2D eigenvalue weighted by Crippen LogP contribution is 2.21. The number of nitrogens with two attached hydrogens (primary N) is 1. The molecular weight excluding hydrogens is 288 g/mol. The first-order valence-electron chi connectivity index (χ1n) is 6.44. The first-order chi connectivity index (χ1) is 10.1.